The van der Waals surface area contributed by atoms with Gasteiger partial charge in [0.1, 0.15) is 5.92 Å². The van der Waals surface area contributed by atoms with Crippen molar-refractivity contribution >= 4 is 17.4 Å². The second-order valence-electron chi connectivity index (χ2n) is 4.62. The number of hydrogen-bond acceptors (Lipinski definition) is 3. The van der Waals surface area contributed by atoms with E-state index < -0.39 is 29.3 Å². The highest BCUT2D eigenvalue weighted by atomic mass is 19.4. The zero-order valence-electron chi connectivity index (χ0n) is 13.8. The third kappa shape index (κ3) is 5.19. The summed E-state index contributed by atoms with van der Waals surface area (Å²) in [6.07, 6.45) is -4.50. The average Bonchev–Trinajstić information content (AvgIpc) is 2.47. The predicted molar refractivity (Wildman–Crippen MR) is 82.8 cm³/mol. The van der Waals surface area contributed by atoms with Gasteiger partial charge in [-0.15, -0.1) is 0 Å². The zero-order valence-corrected chi connectivity index (χ0v) is 13.8. The summed E-state index contributed by atoms with van der Waals surface area (Å²) < 4.78 is 37.8. The number of ketones is 1. The molecule has 1 unspecified atom stereocenters. The molecule has 0 radical (unpaired) electrons. The number of aryl methyl sites for hydroxylation is 1. The normalized spacial score (nSPS) is 11.8. The van der Waals surface area contributed by atoms with E-state index in [2.05, 4.69) is 5.32 Å². The Kier molecular flexibility index (Phi) is 7.65. The molecule has 7 heteroatoms. The smallest absolute Gasteiger partial charge is 0.358 e. The lowest BCUT2D eigenvalue weighted by atomic mass is 9.90. The molecule has 0 heterocycles. The SMILES string of the molecule is CC.CNC(=O)C(C(C)=N)C(=O)c1ccc(C(F)(F)F)cc1C. The molecule has 128 valence electrons. The second-order valence-corrected chi connectivity index (χ2v) is 4.62. The number of Topliss-reactive ketones (excluding diaryl/α,β-unsaturated/α-hetero) is 1. The zero-order chi connectivity index (χ0) is 18.4. The van der Waals surface area contributed by atoms with Gasteiger partial charge in [-0.05, 0) is 31.5 Å². The summed E-state index contributed by atoms with van der Waals surface area (Å²) in [6, 6.07) is 2.69. The molecule has 1 atom stereocenters. The van der Waals surface area contributed by atoms with Gasteiger partial charge in [0.15, 0.2) is 5.78 Å². The van der Waals surface area contributed by atoms with Crippen molar-refractivity contribution in [3.8, 4) is 0 Å². The first-order chi connectivity index (χ1) is 10.6. The van der Waals surface area contributed by atoms with Gasteiger partial charge in [-0.1, -0.05) is 19.9 Å². The molecule has 0 bridgehead atoms. The quantitative estimate of drug-likeness (QED) is 0.503. The van der Waals surface area contributed by atoms with Crippen LogP contribution in [0.4, 0.5) is 13.2 Å². The first-order valence-corrected chi connectivity index (χ1v) is 7.08. The number of carbonyl (C=O) groups excluding carboxylic acids is 2. The Morgan fingerprint density at radius 3 is 2.09 bits per heavy atom. The van der Waals surface area contributed by atoms with Crippen LogP contribution in [-0.4, -0.2) is 24.4 Å². The highest BCUT2D eigenvalue weighted by Crippen LogP contribution is 2.31. The molecule has 0 spiro atoms. The van der Waals surface area contributed by atoms with Gasteiger partial charge in [0, 0.05) is 18.3 Å². The van der Waals surface area contributed by atoms with Crippen molar-refractivity contribution in [3.63, 3.8) is 0 Å². The van der Waals surface area contributed by atoms with Crippen LogP contribution in [0.2, 0.25) is 0 Å². The minimum Gasteiger partial charge on any atom is -0.358 e. The molecule has 0 saturated carbocycles. The molecule has 2 N–H and O–H groups in total. The largest absolute Gasteiger partial charge is 0.416 e. The van der Waals surface area contributed by atoms with Crippen LogP contribution < -0.4 is 5.32 Å². The van der Waals surface area contributed by atoms with E-state index in [1.165, 1.54) is 20.9 Å². The maximum absolute atomic E-state index is 12.6. The molecule has 0 fully saturated rings. The van der Waals surface area contributed by atoms with Crippen LogP contribution in [0.15, 0.2) is 18.2 Å². The molecule has 0 aliphatic heterocycles. The van der Waals surface area contributed by atoms with Crippen LogP contribution in [0.1, 0.15) is 42.3 Å². The number of alkyl halides is 3. The highest BCUT2D eigenvalue weighted by molar-refractivity contribution is 6.24. The van der Waals surface area contributed by atoms with Gasteiger partial charge in [0.2, 0.25) is 5.91 Å². The minimum absolute atomic E-state index is 0.00296. The number of carbonyl (C=O) groups is 2. The number of benzene rings is 1. The number of hydrogen-bond donors (Lipinski definition) is 2. The molecule has 1 amide bonds. The van der Waals surface area contributed by atoms with Gasteiger partial charge >= 0.3 is 6.18 Å². The number of nitrogens with one attached hydrogen (secondary N) is 2. The molecular weight excluding hydrogens is 309 g/mol. The maximum Gasteiger partial charge on any atom is 0.416 e. The molecule has 1 aromatic rings. The number of amides is 1. The lowest BCUT2D eigenvalue weighted by Crippen LogP contribution is -2.37. The van der Waals surface area contributed by atoms with Gasteiger partial charge in [0.25, 0.3) is 0 Å². The third-order valence-corrected chi connectivity index (χ3v) is 3.02. The van der Waals surface area contributed by atoms with E-state index in [1.807, 2.05) is 13.8 Å². The summed E-state index contributed by atoms with van der Waals surface area (Å²) in [5, 5.41) is 9.79. The molecule has 4 nitrogen and oxygen atoms in total. The van der Waals surface area contributed by atoms with Crippen LogP contribution in [0.3, 0.4) is 0 Å². The van der Waals surface area contributed by atoms with Gasteiger partial charge < -0.3 is 10.7 Å². The predicted octanol–water partition coefficient (Wildman–Crippen LogP) is 3.62. The van der Waals surface area contributed by atoms with E-state index in [0.717, 1.165) is 18.2 Å². The Hall–Kier alpha value is -2.18. The van der Waals surface area contributed by atoms with Crippen LogP contribution in [-0.2, 0) is 11.0 Å². The van der Waals surface area contributed by atoms with Gasteiger partial charge in [-0.3, -0.25) is 9.59 Å². The summed E-state index contributed by atoms with van der Waals surface area (Å²) in [7, 11) is 1.32. The summed E-state index contributed by atoms with van der Waals surface area (Å²) in [6.45, 7) is 6.67. The molecule has 0 aliphatic rings. The first-order valence-electron chi connectivity index (χ1n) is 7.08. The van der Waals surface area contributed by atoms with Crippen LogP contribution in [0.5, 0.6) is 0 Å². The van der Waals surface area contributed by atoms with Gasteiger partial charge in [-0.2, -0.15) is 13.2 Å². The fraction of sp³-hybridized carbons (Fsp3) is 0.438. The lowest BCUT2D eigenvalue weighted by molar-refractivity contribution is -0.137. The summed E-state index contributed by atoms with van der Waals surface area (Å²) in [4.78, 5) is 23.9. The third-order valence-electron chi connectivity index (χ3n) is 3.02. The Morgan fingerprint density at radius 1 is 1.22 bits per heavy atom. The van der Waals surface area contributed by atoms with Gasteiger partial charge in [-0.25, -0.2) is 0 Å². The monoisotopic (exact) mass is 330 g/mol. The van der Waals surface area contributed by atoms with E-state index in [4.69, 9.17) is 5.41 Å². The molecule has 0 aliphatic carbocycles. The van der Waals surface area contributed by atoms with Gasteiger partial charge in [0.05, 0.1) is 5.56 Å². The van der Waals surface area contributed by atoms with Crippen LogP contribution >= 0.6 is 0 Å². The second kappa shape index (κ2) is 8.45. The standard InChI is InChI=1S/C14H15F3N2O2.C2H6/c1-7-6-9(14(15,16)17)4-5-10(7)12(20)11(8(2)18)13(21)19-3;1-2/h4-6,11,18H,1-3H3,(H,19,21);1-2H3. The van der Waals surface area contributed by atoms with E-state index in [9.17, 15) is 22.8 Å². The van der Waals surface area contributed by atoms with Crippen molar-refractivity contribution < 1.29 is 22.8 Å². The lowest BCUT2D eigenvalue weighted by Gasteiger charge is -2.15. The fourth-order valence-electron chi connectivity index (χ4n) is 1.93. The van der Waals surface area contributed by atoms with Crippen molar-refractivity contribution in [1.29, 1.82) is 5.41 Å². The van der Waals surface area contributed by atoms with Crippen molar-refractivity contribution in [2.75, 3.05) is 7.05 Å². The molecule has 1 aromatic carbocycles. The highest BCUT2D eigenvalue weighted by Gasteiger charge is 2.33. The molecular formula is C16H21F3N2O2. The molecule has 0 aromatic heterocycles. The van der Waals surface area contributed by atoms with Crippen molar-refractivity contribution in [3.05, 3.63) is 34.9 Å². The summed E-state index contributed by atoms with van der Waals surface area (Å²) in [5.41, 5.74) is -0.911. The minimum atomic E-state index is -4.50. The number of halogens is 3. The molecule has 0 saturated heterocycles. The van der Waals surface area contributed by atoms with Crippen molar-refractivity contribution in [2.24, 2.45) is 5.92 Å². The Bertz CT molecular complexity index is 595. The Morgan fingerprint density at radius 2 is 1.74 bits per heavy atom. The maximum atomic E-state index is 12.6. The van der Waals surface area contributed by atoms with E-state index in [1.54, 1.807) is 0 Å². The van der Waals surface area contributed by atoms with Crippen molar-refractivity contribution in [2.45, 2.75) is 33.9 Å². The molecule has 1 rings (SSSR count). The van der Waals surface area contributed by atoms with Crippen LogP contribution in [0.25, 0.3) is 0 Å². The number of rotatable bonds is 4. The topological polar surface area (TPSA) is 70.0 Å². The summed E-state index contributed by atoms with van der Waals surface area (Å²) in [5.74, 6) is -2.68. The molecule has 23 heavy (non-hydrogen) atoms. The van der Waals surface area contributed by atoms with E-state index in [0.29, 0.717) is 0 Å². The van der Waals surface area contributed by atoms with E-state index >= 15 is 0 Å². The Labute approximate surface area is 133 Å². The van der Waals surface area contributed by atoms with Crippen molar-refractivity contribution in [1.82, 2.24) is 5.32 Å². The fourth-order valence-corrected chi connectivity index (χ4v) is 1.93. The first kappa shape index (κ1) is 20.8. The summed E-state index contributed by atoms with van der Waals surface area (Å²) >= 11 is 0. The Balaban J connectivity index is 0.00000232. The van der Waals surface area contributed by atoms with Crippen LogP contribution in [0, 0.1) is 18.3 Å². The average molecular weight is 330 g/mol. The van der Waals surface area contributed by atoms with E-state index in [-0.39, 0.29) is 16.8 Å².